The van der Waals surface area contributed by atoms with Crippen LogP contribution in [-0.2, 0) is 6.54 Å². The van der Waals surface area contributed by atoms with Gasteiger partial charge in [-0.15, -0.1) is 11.3 Å². The molecule has 0 fully saturated rings. The molecule has 7 nitrogen and oxygen atoms in total. The van der Waals surface area contributed by atoms with E-state index < -0.39 is 0 Å². The first-order chi connectivity index (χ1) is 14.5. The van der Waals surface area contributed by atoms with Gasteiger partial charge in [-0.3, -0.25) is 9.67 Å². The van der Waals surface area contributed by atoms with Crippen LogP contribution in [0.1, 0.15) is 42.4 Å². The van der Waals surface area contributed by atoms with Gasteiger partial charge in [-0.2, -0.15) is 5.10 Å². The van der Waals surface area contributed by atoms with Crippen LogP contribution in [0.15, 0.2) is 30.7 Å². The van der Waals surface area contributed by atoms with Crippen LogP contribution in [0.25, 0.3) is 22.3 Å². The molecule has 0 atom stereocenters. The Labute approximate surface area is 180 Å². The van der Waals surface area contributed by atoms with Crippen LogP contribution in [0, 0.1) is 13.8 Å². The lowest BCUT2D eigenvalue weighted by atomic mass is 10.1. The van der Waals surface area contributed by atoms with E-state index in [1.54, 1.807) is 23.7 Å². The maximum absolute atomic E-state index is 5.80. The van der Waals surface area contributed by atoms with Crippen LogP contribution in [0.5, 0.6) is 5.75 Å². The van der Waals surface area contributed by atoms with Gasteiger partial charge in [0.2, 0.25) is 0 Å². The Kier molecular flexibility index (Phi) is 5.67. The second kappa shape index (κ2) is 8.39. The molecule has 30 heavy (non-hydrogen) atoms. The van der Waals surface area contributed by atoms with E-state index in [2.05, 4.69) is 35.2 Å². The van der Waals surface area contributed by atoms with E-state index in [1.807, 2.05) is 37.7 Å². The van der Waals surface area contributed by atoms with Gasteiger partial charge in [-0.05, 0) is 46.8 Å². The molecule has 4 heterocycles. The molecule has 4 aromatic rings. The highest BCUT2D eigenvalue weighted by molar-refractivity contribution is 7.11. The largest absolute Gasteiger partial charge is 0.492 e. The molecule has 0 aliphatic rings. The average molecular weight is 423 g/mol. The molecule has 1 N–H and O–H groups in total. The molecule has 4 aromatic heterocycles. The molecule has 0 amide bonds. The molecule has 0 aliphatic heterocycles. The Bertz CT molecular complexity index is 1180. The normalized spacial score (nSPS) is 11.4. The molecule has 0 bridgehead atoms. The maximum Gasteiger partial charge on any atom is 0.146 e. The van der Waals surface area contributed by atoms with E-state index in [-0.39, 0.29) is 6.04 Å². The van der Waals surface area contributed by atoms with Gasteiger partial charge < -0.3 is 10.1 Å². The highest BCUT2D eigenvalue weighted by atomic mass is 32.1. The van der Waals surface area contributed by atoms with Crippen molar-refractivity contribution < 1.29 is 4.74 Å². The van der Waals surface area contributed by atoms with E-state index in [4.69, 9.17) is 14.8 Å². The summed E-state index contributed by atoms with van der Waals surface area (Å²) in [7, 11) is 0. The minimum atomic E-state index is 0.222. The van der Waals surface area contributed by atoms with Crippen molar-refractivity contribution in [3.8, 4) is 17.0 Å². The molecule has 0 spiro atoms. The summed E-state index contributed by atoms with van der Waals surface area (Å²) in [5.41, 5.74) is 5.56. The van der Waals surface area contributed by atoms with Crippen LogP contribution in [-0.4, -0.2) is 31.3 Å². The second-order valence-corrected chi connectivity index (χ2v) is 8.70. The third kappa shape index (κ3) is 3.87. The van der Waals surface area contributed by atoms with E-state index in [1.165, 1.54) is 4.88 Å². The van der Waals surface area contributed by atoms with Gasteiger partial charge in [-0.25, -0.2) is 9.97 Å². The molecule has 4 rings (SSSR count). The topological polar surface area (TPSA) is 77.8 Å². The molecule has 0 saturated carbocycles. The highest BCUT2D eigenvalue weighted by Crippen LogP contribution is 2.35. The number of fused-ring (bicyclic) bond motifs is 1. The van der Waals surface area contributed by atoms with Gasteiger partial charge in [0.25, 0.3) is 0 Å². The van der Waals surface area contributed by atoms with Crippen LogP contribution in [0.4, 0.5) is 5.69 Å². The number of ether oxygens (including phenoxy) is 1. The van der Waals surface area contributed by atoms with Crippen LogP contribution in [0.3, 0.4) is 0 Å². The minimum Gasteiger partial charge on any atom is -0.492 e. The third-order valence-electron chi connectivity index (χ3n) is 4.79. The van der Waals surface area contributed by atoms with Crippen LogP contribution >= 0.6 is 11.3 Å². The number of pyridine rings is 2. The quantitative estimate of drug-likeness (QED) is 0.443. The number of nitrogens with one attached hydrogen (secondary N) is 1. The molecular formula is C22H26N6OS. The number of aromatic nitrogens is 5. The fourth-order valence-corrected chi connectivity index (χ4v) is 4.19. The lowest BCUT2D eigenvalue weighted by molar-refractivity contribution is 0.340. The molecule has 0 saturated heterocycles. The smallest absolute Gasteiger partial charge is 0.146 e. The number of nitrogens with zero attached hydrogens (tertiary/aromatic N) is 5. The van der Waals surface area contributed by atoms with E-state index in [9.17, 15) is 0 Å². The number of hydrogen-bond donors (Lipinski definition) is 1. The van der Waals surface area contributed by atoms with Crippen molar-refractivity contribution in [2.75, 3.05) is 11.9 Å². The summed E-state index contributed by atoms with van der Waals surface area (Å²) < 4.78 is 7.84. The van der Waals surface area contributed by atoms with Gasteiger partial charge in [-0.1, -0.05) is 0 Å². The lowest BCUT2D eigenvalue weighted by Crippen LogP contribution is -2.07. The average Bonchev–Trinajstić information content (AvgIpc) is 3.30. The number of anilines is 1. The Morgan fingerprint density at radius 3 is 2.77 bits per heavy atom. The summed E-state index contributed by atoms with van der Waals surface area (Å²) in [5.74, 6) is 0.727. The van der Waals surface area contributed by atoms with Crippen LogP contribution in [0.2, 0.25) is 0 Å². The summed E-state index contributed by atoms with van der Waals surface area (Å²) in [6, 6.07) is 4.24. The number of hydrogen-bond acceptors (Lipinski definition) is 7. The van der Waals surface area contributed by atoms with E-state index in [0.717, 1.165) is 44.4 Å². The predicted octanol–water partition coefficient (Wildman–Crippen LogP) is 5.16. The number of aryl methyl sites for hydroxylation is 2. The Balaban J connectivity index is 1.86. The standard InChI is InChI=1S/C22H26N6OS/c1-6-29-20-12-23-8-7-17(20)18-9-19(25-11-16-10-24-15(5)30-16)22-21(26-18)14(4)27-28(22)13(2)3/h7-10,12-13H,6,11H2,1-5H3,(H,25,26). The SMILES string of the molecule is CCOc1cnccc1-c1cc(NCc2cnc(C)s2)c2c(n1)c(C)nn2C(C)C. The third-order valence-corrected chi connectivity index (χ3v) is 5.71. The predicted molar refractivity (Wildman–Crippen MR) is 121 cm³/mol. The zero-order valence-electron chi connectivity index (χ0n) is 17.9. The molecular weight excluding hydrogens is 396 g/mol. The summed E-state index contributed by atoms with van der Waals surface area (Å²) in [6.45, 7) is 11.5. The lowest BCUT2D eigenvalue weighted by Gasteiger charge is -2.15. The van der Waals surface area contributed by atoms with Crippen molar-refractivity contribution in [3.05, 3.63) is 46.3 Å². The zero-order valence-corrected chi connectivity index (χ0v) is 18.7. The monoisotopic (exact) mass is 422 g/mol. The van der Waals surface area contributed by atoms with Gasteiger partial charge in [0.15, 0.2) is 0 Å². The fourth-order valence-electron chi connectivity index (χ4n) is 3.46. The molecule has 0 radical (unpaired) electrons. The van der Waals surface area contributed by atoms with Crippen LogP contribution < -0.4 is 10.1 Å². The molecule has 0 aliphatic carbocycles. The van der Waals surface area contributed by atoms with Gasteiger partial charge in [0, 0.05) is 28.9 Å². The fraction of sp³-hybridized carbons (Fsp3) is 0.364. The number of thiazole rings is 1. The van der Waals surface area contributed by atoms with Crippen molar-refractivity contribution in [1.29, 1.82) is 0 Å². The molecule has 0 aromatic carbocycles. The van der Waals surface area contributed by atoms with Crippen molar-refractivity contribution in [3.63, 3.8) is 0 Å². The molecule has 0 unspecified atom stereocenters. The van der Waals surface area contributed by atoms with Crippen molar-refractivity contribution in [1.82, 2.24) is 24.7 Å². The maximum atomic E-state index is 5.80. The Morgan fingerprint density at radius 2 is 2.07 bits per heavy atom. The van der Waals surface area contributed by atoms with Crippen molar-refractivity contribution in [2.24, 2.45) is 0 Å². The summed E-state index contributed by atoms with van der Waals surface area (Å²) in [4.78, 5) is 14.7. The van der Waals surface area contributed by atoms with Gasteiger partial charge in [0.1, 0.15) is 16.8 Å². The highest BCUT2D eigenvalue weighted by Gasteiger charge is 2.19. The first-order valence-corrected chi connectivity index (χ1v) is 10.9. The van der Waals surface area contributed by atoms with E-state index in [0.29, 0.717) is 13.2 Å². The molecule has 156 valence electrons. The Morgan fingerprint density at radius 1 is 1.23 bits per heavy atom. The first-order valence-electron chi connectivity index (χ1n) is 10.1. The van der Waals surface area contributed by atoms with Gasteiger partial charge in [0.05, 0.1) is 41.4 Å². The van der Waals surface area contributed by atoms with Crippen molar-refractivity contribution in [2.45, 2.75) is 47.2 Å². The Hall–Kier alpha value is -3.00. The minimum absolute atomic E-state index is 0.222. The summed E-state index contributed by atoms with van der Waals surface area (Å²) in [5, 5.41) is 9.43. The second-order valence-electron chi connectivity index (χ2n) is 7.38. The van der Waals surface area contributed by atoms with E-state index >= 15 is 0 Å². The first kappa shape index (κ1) is 20.3. The number of rotatable bonds is 7. The van der Waals surface area contributed by atoms with Gasteiger partial charge >= 0.3 is 0 Å². The molecule has 8 heteroatoms. The zero-order chi connectivity index (χ0) is 21.3. The van der Waals surface area contributed by atoms with Crippen molar-refractivity contribution >= 4 is 28.1 Å². The summed E-state index contributed by atoms with van der Waals surface area (Å²) >= 11 is 1.70. The summed E-state index contributed by atoms with van der Waals surface area (Å²) in [6.07, 6.45) is 5.43.